The van der Waals surface area contributed by atoms with Gasteiger partial charge in [0.25, 0.3) is 5.91 Å². The van der Waals surface area contributed by atoms with Crippen molar-refractivity contribution in [3.63, 3.8) is 0 Å². The predicted molar refractivity (Wildman–Crippen MR) is 113 cm³/mol. The molecule has 1 aromatic carbocycles. The number of benzene rings is 1. The van der Waals surface area contributed by atoms with Crippen molar-refractivity contribution in [2.75, 3.05) is 46.8 Å². The van der Waals surface area contributed by atoms with Crippen molar-refractivity contribution in [1.29, 1.82) is 0 Å². The zero-order valence-electron chi connectivity index (χ0n) is 17.4. The van der Waals surface area contributed by atoms with Crippen LogP contribution in [0.15, 0.2) is 48.8 Å². The summed E-state index contributed by atoms with van der Waals surface area (Å²) in [6.45, 7) is 4.70. The van der Waals surface area contributed by atoms with Crippen LogP contribution in [-0.4, -0.2) is 72.4 Å². The molecule has 1 aliphatic heterocycles. The summed E-state index contributed by atoms with van der Waals surface area (Å²) in [7, 11) is 4.03. The summed E-state index contributed by atoms with van der Waals surface area (Å²) in [5, 5.41) is 0. The largest absolute Gasteiger partial charge is 0.337 e. The molecule has 1 saturated heterocycles. The number of nitrogens with zero attached hydrogens (tertiary/aromatic N) is 4. The van der Waals surface area contributed by atoms with E-state index in [1.165, 1.54) is 6.07 Å². The molecule has 0 radical (unpaired) electrons. The molecule has 3 rings (SSSR count). The van der Waals surface area contributed by atoms with Gasteiger partial charge in [-0.25, -0.2) is 4.39 Å². The van der Waals surface area contributed by atoms with Gasteiger partial charge < -0.3 is 9.80 Å². The third-order valence-electron chi connectivity index (χ3n) is 5.45. The van der Waals surface area contributed by atoms with Gasteiger partial charge in [-0.05, 0) is 57.6 Å². The van der Waals surface area contributed by atoms with Crippen LogP contribution in [0.3, 0.4) is 0 Å². The van der Waals surface area contributed by atoms with Crippen molar-refractivity contribution in [3.8, 4) is 0 Å². The highest BCUT2D eigenvalue weighted by atomic mass is 19.1. The quantitative estimate of drug-likeness (QED) is 0.685. The van der Waals surface area contributed by atoms with Gasteiger partial charge in [-0.2, -0.15) is 0 Å². The van der Waals surface area contributed by atoms with Crippen molar-refractivity contribution >= 4 is 5.91 Å². The van der Waals surface area contributed by atoms with Crippen LogP contribution >= 0.6 is 0 Å². The summed E-state index contributed by atoms with van der Waals surface area (Å²) >= 11 is 0. The lowest BCUT2D eigenvalue weighted by molar-refractivity contribution is 0.0659. The Balaban J connectivity index is 1.64. The number of pyridine rings is 1. The van der Waals surface area contributed by atoms with Gasteiger partial charge in [0.15, 0.2) is 0 Å². The second kappa shape index (κ2) is 10.5. The number of carbonyl (C=O) groups excluding carboxylic acids is 1. The predicted octanol–water partition coefficient (Wildman–Crippen LogP) is 3.14. The summed E-state index contributed by atoms with van der Waals surface area (Å²) in [6.07, 6.45) is 5.48. The number of halogens is 1. The highest BCUT2D eigenvalue weighted by Gasteiger charge is 2.25. The fourth-order valence-electron chi connectivity index (χ4n) is 3.89. The van der Waals surface area contributed by atoms with E-state index in [4.69, 9.17) is 0 Å². The fraction of sp³-hybridized carbons (Fsp3) is 0.478. The van der Waals surface area contributed by atoms with Crippen LogP contribution in [0.4, 0.5) is 4.39 Å². The lowest BCUT2D eigenvalue weighted by atomic mass is 9.96. The van der Waals surface area contributed by atoms with Gasteiger partial charge in [-0.15, -0.1) is 0 Å². The maximum Gasteiger partial charge on any atom is 0.255 e. The van der Waals surface area contributed by atoms with E-state index in [-0.39, 0.29) is 11.7 Å². The Hall–Kier alpha value is -2.31. The Labute approximate surface area is 173 Å². The van der Waals surface area contributed by atoms with Gasteiger partial charge in [-0.1, -0.05) is 18.2 Å². The smallest absolute Gasteiger partial charge is 0.255 e. The number of rotatable bonds is 8. The van der Waals surface area contributed by atoms with Crippen molar-refractivity contribution in [1.82, 2.24) is 19.7 Å². The third-order valence-corrected chi connectivity index (χ3v) is 5.45. The molecule has 0 aliphatic carbocycles. The van der Waals surface area contributed by atoms with Crippen LogP contribution in [0.25, 0.3) is 0 Å². The minimum absolute atomic E-state index is 0.0335. The number of hydrogen-bond donors (Lipinski definition) is 0. The molecule has 6 heteroatoms. The number of hydrogen-bond acceptors (Lipinski definition) is 4. The highest BCUT2D eigenvalue weighted by Crippen LogP contribution is 2.21. The van der Waals surface area contributed by atoms with Crippen molar-refractivity contribution < 1.29 is 9.18 Å². The van der Waals surface area contributed by atoms with E-state index in [0.717, 1.165) is 44.6 Å². The van der Waals surface area contributed by atoms with Crippen LogP contribution in [0.5, 0.6) is 0 Å². The SMILES string of the molecule is CN(C)CCN(C[C@H]1CCCN(Cc2ccccc2F)C1)C(=O)c1cccnc1. The van der Waals surface area contributed by atoms with E-state index in [1.807, 2.05) is 37.2 Å². The van der Waals surface area contributed by atoms with Crippen molar-refractivity contribution in [3.05, 3.63) is 65.7 Å². The van der Waals surface area contributed by atoms with E-state index in [0.29, 0.717) is 24.6 Å². The summed E-state index contributed by atoms with van der Waals surface area (Å²) in [5.74, 6) is 0.276. The molecular weight excluding hydrogens is 367 g/mol. The average molecular weight is 399 g/mol. The van der Waals surface area contributed by atoms with Crippen molar-refractivity contribution in [2.45, 2.75) is 19.4 Å². The van der Waals surface area contributed by atoms with Crippen LogP contribution in [0.1, 0.15) is 28.8 Å². The molecule has 0 bridgehead atoms. The number of amides is 1. The fourth-order valence-corrected chi connectivity index (χ4v) is 3.89. The van der Waals surface area contributed by atoms with Crippen LogP contribution in [-0.2, 0) is 6.54 Å². The van der Waals surface area contributed by atoms with Gasteiger partial charge in [0.2, 0.25) is 0 Å². The normalized spacial score (nSPS) is 17.4. The van der Waals surface area contributed by atoms with Gasteiger partial charge in [0.1, 0.15) is 5.82 Å². The van der Waals surface area contributed by atoms with Crippen molar-refractivity contribution in [2.24, 2.45) is 5.92 Å². The molecule has 156 valence electrons. The Morgan fingerprint density at radius 2 is 2.03 bits per heavy atom. The monoisotopic (exact) mass is 398 g/mol. The van der Waals surface area contributed by atoms with Crippen LogP contribution in [0.2, 0.25) is 0 Å². The minimum atomic E-state index is -0.144. The topological polar surface area (TPSA) is 39.7 Å². The zero-order chi connectivity index (χ0) is 20.6. The van der Waals surface area contributed by atoms with E-state index in [1.54, 1.807) is 24.5 Å². The molecule has 2 heterocycles. The Kier molecular flexibility index (Phi) is 7.72. The Morgan fingerprint density at radius 3 is 2.76 bits per heavy atom. The Bertz CT molecular complexity index is 783. The zero-order valence-corrected chi connectivity index (χ0v) is 17.4. The maximum atomic E-state index is 14.0. The third kappa shape index (κ3) is 6.34. The molecule has 1 aliphatic rings. The summed E-state index contributed by atoms with van der Waals surface area (Å²) < 4.78 is 14.0. The van der Waals surface area contributed by atoms with Gasteiger partial charge in [0.05, 0.1) is 5.56 Å². The molecule has 0 unspecified atom stereocenters. The lowest BCUT2D eigenvalue weighted by Crippen LogP contribution is -2.44. The second-order valence-electron chi connectivity index (χ2n) is 8.13. The highest BCUT2D eigenvalue weighted by molar-refractivity contribution is 5.93. The molecule has 29 heavy (non-hydrogen) atoms. The summed E-state index contributed by atoms with van der Waals surface area (Å²) in [6, 6.07) is 10.6. The molecule has 5 nitrogen and oxygen atoms in total. The number of carbonyl (C=O) groups is 1. The first-order chi connectivity index (χ1) is 14.0. The lowest BCUT2D eigenvalue weighted by Gasteiger charge is -2.36. The average Bonchev–Trinajstić information content (AvgIpc) is 2.73. The van der Waals surface area contributed by atoms with E-state index in [9.17, 15) is 9.18 Å². The second-order valence-corrected chi connectivity index (χ2v) is 8.13. The minimum Gasteiger partial charge on any atom is -0.337 e. The standard InChI is InChI=1S/C23H31FN4O/c1-26(2)13-14-28(23(29)20-9-5-11-25-15-20)17-19-7-6-12-27(16-19)18-21-8-3-4-10-22(21)24/h3-5,8-11,15,19H,6-7,12-14,16-18H2,1-2H3/t19-/m0/s1. The number of likely N-dealkylation sites (N-methyl/N-ethyl adjacent to an activating group) is 1. The van der Waals surface area contributed by atoms with E-state index in [2.05, 4.69) is 14.8 Å². The van der Waals surface area contributed by atoms with E-state index < -0.39 is 0 Å². The number of aromatic nitrogens is 1. The molecule has 0 spiro atoms. The van der Waals surface area contributed by atoms with Gasteiger partial charge >= 0.3 is 0 Å². The number of likely N-dealkylation sites (tertiary alicyclic amines) is 1. The maximum absolute atomic E-state index is 14.0. The molecular formula is C23H31FN4O. The Morgan fingerprint density at radius 1 is 1.21 bits per heavy atom. The molecule has 0 N–H and O–H groups in total. The summed E-state index contributed by atoms with van der Waals surface area (Å²) in [4.78, 5) is 23.5. The molecule has 2 aromatic rings. The molecule has 1 atom stereocenters. The van der Waals surface area contributed by atoms with Crippen LogP contribution in [0, 0.1) is 11.7 Å². The first-order valence-corrected chi connectivity index (χ1v) is 10.3. The molecule has 0 saturated carbocycles. The first-order valence-electron chi connectivity index (χ1n) is 10.3. The first kappa shape index (κ1) is 21.4. The van der Waals surface area contributed by atoms with E-state index >= 15 is 0 Å². The summed E-state index contributed by atoms with van der Waals surface area (Å²) in [5.41, 5.74) is 1.37. The molecule has 1 amide bonds. The van der Waals surface area contributed by atoms with Gasteiger partial charge in [0, 0.05) is 50.7 Å². The van der Waals surface area contributed by atoms with Gasteiger partial charge in [-0.3, -0.25) is 14.7 Å². The number of piperidine rings is 1. The molecule has 1 fully saturated rings. The molecule has 1 aromatic heterocycles. The van der Waals surface area contributed by atoms with Crippen LogP contribution < -0.4 is 0 Å².